The summed E-state index contributed by atoms with van der Waals surface area (Å²) in [6, 6.07) is 10.1. The SMILES string of the molecule is Cc1ccc(C(=O)C(C)Oc2ccc(C)nc2[N+](=O)[O-])cc1. The molecule has 1 unspecified atom stereocenters. The molecule has 1 atom stereocenters. The van der Waals surface area contributed by atoms with Crippen LogP contribution in [-0.2, 0) is 0 Å². The zero-order chi connectivity index (χ0) is 16.3. The summed E-state index contributed by atoms with van der Waals surface area (Å²) in [5, 5.41) is 11.0. The second-order valence-electron chi connectivity index (χ2n) is 5.02. The number of ether oxygens (including phenoxy) is 1. The highest BCUT2D eigenvalue weighted by molar-refractivity contribution is 5.99. The Morgan fingerprint density at radius 2 is 1.82 bits per heavy atom. The van der Waals surface area contributed by atoms with Crippen LogP contribution in [0, 0.1) is 24.0 Å². The summed E-state index contributed by atoms with van der Waals surface area (Å²) in [4.78, 5) is 26.5. The maximum absolute atomic E-state index is 12.3. The van der Waals surface area contributed by atoms with Crippen LogP contribution in [0.3, 0.4) is 0 Å². The van der Waals surface area contributed by atoms with Crippen LogP contribution in [0.1, 0.15) is 28.5 Å². The number of aromatic nitrogens is 1. The minimum atomic E-state index is -0.842. The Kier molecular flexibility index (Phi) is 4.50. The van der Waals surface area contributed by atoms with Gasteiger partial charge in [0.05, 0.1) is 0 Å². The highest BCUT2D eigenvalue weighted by Gasteiger charge is 2.23. The second kappa shape index (κ2) is 6.34. The number of Topliss-reactive ketones (excluding diaryl/α,β-unsaturated/α-hetero) is 1. The van der Waals surface area contributed by atoms with Crippen LogP contribution >= 0.6 is 0 Å². The molecule has 6 nitrogen and oxygen atoms in total. The lowest BCUT2D eigenvalue weighted by Gasteiger charge is -2.13. The van der Waals surface area contributed by atoms with Crippen molar-refractivity contribution in [3.05, 3.63) is 63.3 Å². The topological polar surface area (TPSA) is 82.3 Å². The molecule has 0 radical (unpaired) electrons. The van der Waals surface area contributed by atoms with Crippen molar-refractivity contribution in [1.82, 2.24) is 4.98 Å². The molecule has 6 heteroatoms. The van der Waals surface area contributed by atoms with E-state index in [-0.39, 0.29) is 17.4 Å². The van der Waals surface area contributed by atoms with E-state index in [1.165, 1.54) is 6.07 Å². The summed E-state index contributed by atoms with van der Waals surface area (Å²) in [5.74, 6) is -0.637. The molecule has 0 N–H and O–H groups in total. The molecule has 0 spiro atoms. The van der Waals surface area contributed by atoms with E-state index in [1.54, 1.807) is 32.0 Å². The number of ketones is 1. The zero-order valence-electron chi connectivity index (χ0n) is 12.6. The van der Waals surface area contributed by atoms with E-state index in [2.05, 4.69) is 4.98 Å². The predicted octanol–water partition coefficient (Wildman–Crippen LogP) is 3.26. The minimum absolute atomic E-state index is 0.0106. The Morgan fingerprint density at radius 1 is 1.18 bits per heavy atom. The largest absolute Gasteiger partial charge is 0.474 e. The first kappa shape index (κ1) is 15.6. The van der Waals surface area contributed by atoms with Crippen molar-refractivity contribution in [3.8, 4) is 5.75 Å². The van der Waals surface area contributed by atoms with Crippen molar-refractivity contribution >= 4 is 11.6 Å². The van der Waals surface area contributed by atoms with Gasteiger partial charge in [-0.05, 0) is 35.9 Å². The van der Waals surface area contributed by atoms with Gasteiger partial charge in [-0.15, -0.1) is 0 Å². The molecule has 0 fully saturated rings. The molecular weight excluding hydrogens is 284 g/mol. The van der Waals surface area contributed by atoms with E-state index in [0.29, 0.717) is 11.3 Å². The van der Waals surface area contributed by atoms with Crippen LogP contribution in [0.5, 0.6) is 5.75 Å². The smallest absolute Gasteiger partial charge is 0.406 e. The van der Waals surface area contributed by atoms with E-state index in [1.807, 2.05) is 19.1 Å². The fraction of sp³-hybridized carbons (Fsp3) is 0.250. The number of benzene rings is 1. The van der Waals surface area contributed by atoms with Crippen molar-refractivity contribution in [3.63, 3.8) is 0 Å². The number of carbonyl (C=O) groups is 1. The van der Waals surface area contributed by atoms with Gasteiger partial charge in [-0.1, -0.05) is 29.8 Å². The molecule has 0 aliphatic rings. The molecule has 0 aliphatic carbocycles. The standard InChI is InChI=1S/C16H16N2O4/c1-10-4-7-13(8-5-10)15(19)12(3)22-14-9-6-11(2)17-16(14)18(20)21/h4-9,12H,1-3H3. The zero-order valence-corrected chi connectivity index (χ0v) is 12.6. The van der Waals surface area contributed by atoms with Gasteiger partial charge in [0, 0.05) is 12.5 Å². The monoisotopic (exact) mass is 300 g/mol. The fourth-order valence-corrected chi connectivity index (χ4v) is 1.95. The van der Waals surface area contributed by atoms with Gasteiger partial charge >= 0.3 is 5.82 Å². The van der Waals surface area contributed by atoms with Crippen molar-refractivity contribution < 1.29 is 14.5 Å². The van der Waals surface area contributed by atoms with Gasteiger partial charge in [-0.3, -0.25) is 4.79 Å². The Bertz CT molecular complexity index is 711. The molecule has 114 valence electrons. The van der Waals surface area contributed by atoms with Gasteiger partial charge in [0.25, 0.3) is 0 Å². The van der Waals surface area contributed by atoms with E-state index in [4.69, 9.17) is 4.74 Å². The molecule has 0 aliphatic heterocycles. The van der Waals surface area contributed by atoms with Gasteiger partial charge in [0.15, 0.2) is 6.10 Å². The number of hydrogen-bond donors (Lipinski definition) is 0. The van der Waals surface area contributed by atoms with Crippen LogP contribution in [0.4, 0.5) is 5.82 Å². The van der Waals surface area contributed by atoms with Gasteiger partial charge in [-0.2, -0.15) is 0 Å². The van der Waals surface area contributed by atoms with E-state index in [9.17, 15) is 14.9 Å². The van der Waals surface area contributed by atoms with Gasteiger partial charge in [-0.25, -0.2) is 0 Å². The summed E-state index contributed by atoms with van der Waals surface area (Å²) in [6.07, 6.45) is -0.842. The van der Waals surface area contributed by atoms with E-state index in [0.717, 1.165) is 5.56 Å². The number of hydrogen-bond acceptors (Lipinski definition) is 5. The normalized spacial score (nSPS) is 11.8. The van der Waals surface area contributed by atoms with E-state index < -0.39 is 11.0 Å². The summed E-state index contributed by atoms with van der Waals surface area (Å²) in [5.41, 5.74) is 2.06. The summed E-state index contributed by atoms with van der Waals surface area (Å²) in [7, 11) is 0. The van der Waals surface area contributed by atoms with Crippen LogP contribution in [0.2, 0.25) is 0 Å². The third-order valence-corrected chi connectivity index (χ3v) is 3.16. The number of rotatable bonds is 5. The Labute approximate surface area is 127 Å². The third-order valence-electron chi connectivity index (χ3n) is 3.16. The summed E-state index contributed by atoms with van der Waals surface area (Å²) < 4.78 is 5.45. The molecule has 0 saturated carbocycles. The molecular formula is C16H16N2O4. The first-order valence-corrected chi connectivity index (χ1v) is 6.78. The number of aryl methyl sites for hydroxylation is 2. The van der Waals surface area contributed by atoms with Crippen molar-refractivity contribution in [2.75, 3.05) is 0 Å². The highest BCUT2D eigenvalue weighted by Crippen LogP contribution is 2.26. The maximum atomic E-state index is 12.3. The highest BCUT2D eigenvalue weighted by atomic mass is 16.6. The number of carbonyl (C=O) groups excluding carboxylic acids is 1. The minimum Gasteiger partial charge on any atom is -0.474 e. The molecule has 0 amide bonds. The third kappa shape index (κ3) is 3.46. The lowest BCUT2D eigenvalue weighted by Crippen LogP contribution is -2.24. The lowest BCUT2D eigenvalue weighted by molar-refractivity contribution is -0.390. The Balaban J connectivity index is 2.21. The number of nitro groups is 1. The summed E-state index contributed by atoms with van der Waals surface area (Å²) >= 11 is 0. The molecule has 2 aromatic rings. The van der Waals surface area contributed by atoms with Crippen molar-refractivity contribution in [2.45, 2.75) is 26.9 Å². The molecule has 22 heavy (non-hydrogen) atoms. The maximum Gasteiger partial charge on any atom is 0.406 e. The first-order valence-electron chi connectivity index (χ1n) is 6.78. The second-order valence-corrected chi connectivity index (χ2v) is 5.02. The van der Waals surface area contributed by atoms with Crippen LogP contribution < -0.4 is 4.74 Å². The molecule has 0 saturated heterocycles. The molecule has 2 rings (SSSR count). The van der Waals surface area contributed by atoms with E-state index >= 15 is 0 Å². The van der Waals surface area contributed by atoms with Gasteiger partial charge in [0.2, 0.25) is 11.5 Å². The lowest BCUT2D eigenvalue weighted by atomic mass is 10.1. The quantitative estimate of drug-likeness (QED) is 0.481. The molecule has 1 heterocycles. The van der Waals surface area contributed by atoms with Crippen LogP contribution in [0.25, 0.3) is 0 Å². The average Bonchev–Trinajstić information content (AvgIpc) is 2.48. The van der Waals surface area contributed by atoms with Gasteiger partial charge in [0.1, 0.15) is 5.69 Å². The summed E-state index contributed by atoms with van der Waals surface area (Å²) in [6.45, 7) is 5.14. The van der Waals surface area contributed by atoms with Gasteiger partial charge < -0.3 is 14.9 Å². The van der Waals surface area contributed by atoms with Crippen molar-refractivity contribution in [1.29, 1.82) is 0 Å². The Morgan fingerprint density at radius 3 is 2.41 bits per heavy atom. The fourth-order valence-electron chi connectivity index (χ4n) is 1.95. The van der Waals surface area contributed by atoms with Crippen molar-refractivity contribution in [2.24, 2.45) is 0 Å². The molecule has 0 bridgehead atoms. The molecule has 1 aromatic carbocycles. The predicted molar refractivity (Wildman–Crippen MR) is 81.2 cm³/mol. The Hall–Kier alpha value is -2.76. The number of pyridine rings is 1. The van der Waals surface area contributed by atoms with Crippen LogP contribution in [-0.4, -0.2) is 21.8 Å². The van der Waals surface area contributed by atoms with Crippen LogP contribution in [0.15, 0.2) is 36.4 Å². The molecule has 1 aromatic heterocycles. The first-order chi connectivity index (χ1) is 10.4. The number of nitrogens with zero attached hydrogens (tertiary/aromatic N) is 2. The average molecular weight is 300 g/mol.